The van der Waals surface area contributed by atoms with Crippen molar-refractivity contribution in [3.05, 3.63) is 48.0 Å². The Bertz CT molecular complexity index is 632. The molecule has 3 heteroatoms. The second-order valence-electron chi connectivity index (χ2n) is 6.34. The van der Waals surface area contributed by atoms with Gasteiger partial charge in [0.15, 0.2) is 0 Å². The van der Waals surface area contributed by atoms with Crippen LogP contribution in [0.5, 0.6) is 0 Å². The third kappa shape index (κ3) is 4.30. The number of hydrogen-bond acceptors (Lipinski definition) is 2. The Kier molecular flexibility index (Phi) is 4.63. The first-order valence-electron chi connectivity index (χ1n) is 7.37. The maximum absolute atomic E-state index is 12.2. The van der Waals surface area contributed by atoms with Gasteiger partial charge in [-0.1, -0.05) is 44.2 Å². The number of fused-ring (bicyclic) bond motifs is 1. The van der Waals surface area contributed by atoms with Crippen molar-refractivity contribution in [2.24, 2.45) is 5.92 Å². The Labute approximate surface area is 126 Å². The fraction of sp³-hybridized carbons (Fsp3) is 0.389. The molecule has 0 aliphatic carbocycles. The lowest BCUT2D eigenvalue weighted by atomic mass is 9.94. The van der Waals surface area contributed by atoms with Gasteiger partial charge < -0.3 is 10.4 Å². The molecule has 2 aromatic carbocycles. The number of rotatable bonds is 5. The van der Waals surface area contributed by atoms with E-state index in [1.165, 1.54) is 0 Å². The number of amides is 1. The standard InChI is InChI=1S/C18H23NO2/c1-13(2)11-18(3,21)12-19-17(20)16-9-8-14-6-4-5-7-15(14)10-16/h4-10,13,21H,11-12H2,1-3H3,(H,19,20). The van der Waals surface area contributed by atoms with Crippen molar-refractivity contribution in [3.8, 4) is 0 Å². The number of benzene rings is 2. The summed E-state index contributed by atoms with van der Waals surface area (Å²) in [5, 5.41) is 15.2. The van der Waals surface area contributed by atoms with Crippen LogP contribution in [0.2, 0.25) is 0 Å². The monoisotopic (exact) mass is 285 g/mol. The molecule has 112 valence electrons. The second kappa shape index (κ2) is 6.27. The number of carbonyl (C=O) groups is 1. The number of nitrogens with one attached hydrogen (secondary N) is 1. The Morgan fingerprint density at radius 3 is 2.52 bits per heavy atom. The molecule has 0 saturated heterocycles. The maximum Gasteiger partial charge on any atom is 0.251 e. The third-order valence-corrected chi connectivity index (χ3v) is 3.49. The van der Waals surface area contributed by atoms with E-state index in [2.05, 4.69) is 19.2 Å². The van der Waals surface area contributed by atoms with E-state index in [0.717, 1.165) is 10.8 Å². The molecule has 0 aliphatic rings. The molecule has 1 unspecified atom stereocenters. The fourth-order valence-corrected chi connectivity index (χ4v) is 2.65. The Hall–Kier alpha value is -1.87. The first-order chi connectivity index (χ1) is 9.87. The van der Waals surface area contributed by atoms with Crippen molar-refractivity contribution in [2.45, 2.75) is 32.8 Å². The molecular weight excluding hydrogens is 262 g/mol. The first-order valence-corrected chi connectivity index (χ1v) is 7.37. The van der Waals surface area contributed by atoms with Crippen molar-refractivity contribution in [1.82, 2.24) is 5.32 Å². The minimum Gasteiger partial charge on any atom is -0.388 e. The molecular formula is C18H23NO2. The minimum absolute atomic E-state index is 0.148. The summed E-state index contributed by atoms with van der Waals surface area (Å²) in [5.74, 6) is 0.238. The fourth-order valence-electron chi connectivity index (χ4n) is 2.65. The van der Waals surface area contributed by atoms with Crippen LogP contribution in [-0.2, 0) is 0 Å². The molecule has 0 bridgehead atoms. The van der Waals surface area contributed by atoms with Crippen LogP contribution in [0, 0.1) is 5.92 Å². The smallest absolute Gasteiger partial charge is 0.251 e. The highest BCUT2D eigenvalue weighted by molar-refractivity contribution is 5.98. The lowest BCUT2D eigenvalue weighted by molar-refractivity contribution is 0.0368. The lowest BCUT2D eigenvalue weighted by Gasteiger charge is -2.25. The Morgan fingerprint density at radius 2 is 1.86 bits per heavy atom. The Morgan fingerprint density at radius 1 is 1.19 bits per heavy atom. The summed E-state index contributed by atoms with van der Waals surface area (Å²) in [4.78, 5) is 12.2. The third-order valence-electron chi connectivity index (χ3n) is 3.49. The molecule has 0 aliphatic heterocycles. The first kappa shape index (κ1) is 15.5. The van der Waals surface area contributed by atoms with Gasteiger partial charge in [0, 0.05) is 12.1 Å². The normalized spacial score (nSPS) is 14.1. The lowest BCUT2D eigenvalue weighted by Crippen LogP contribution is -2.41. The predicted octanol–water partition coefficient (Wildman–Crippen LogP) is 3.37. The Balaban J connectivity index is 2.05. The van der Waals surface area contributed by atoms with Crippen LogP contribution >= 0.6 is 0 Å². The highest BCUT2D eigenvalue weighted by Gasteiger charge is 2.22. The summed E-state index contributed by atoms with van der Waals surface area (Å²) in [6.45, 7) is 6.13. The van der Waals surface area contributed by atoms with Gasteiger partial charge in [0.25, 0.3) is 5.91 Å². The van der Waals surface area contributed by atoms with Crippen molar-refractivity contribution in [1.29, 1.82) is 0 Å². The van der Waals surface area contributed by atoms with Crippen LogP contribution in [0.25, 0.3) is 10.8 Å². The van der Waals surface area contributed by atoms with Gasteiger partial charge in [0.2, 0.25) is 0 Å². The average Bonchev–Trinajstić information content (AvgIpc) is 2.43. The average molecular weight is 285 g/mol. The SMILES string of the molecule is CC(C)CC(C)(O)CNC(=O)c1ccc2ccccc2c1. The van der Waals surface area contributed by atoms with Crippen LogP contribution in [0.4, 0.5) is 0 Å². The molecule has 0 spiro atoms. The zero-order valence-corrected chi connectivity index (χ0v) is 12.9. The van der Waals surface area contributed by atoms with Gasteiger partial charge in [-0.3, -0.25) is 4.79 Å². The summed E-state index contributed by atoms with van der Waals surface area (Å²) in [5.41, 5.74) is -0.255. The van der Waals surface area contributed by atoms with Gasteiger partial charge in [-0.15, -0.1) is 0 Å². The van der Waals surface area contributed by atoms with Crippen molar-refractivity contribution in [3.63, 3.8) is 0 Å². The molecule has 2 rings (SSSR count). The molecule has 2 aromatic rings. The summed E-state index contributed by atoms with van der Waals surface area (Å²) in [6.07, 6.45) is 0.658. The van der Waals surface area contributed by atoms with Gasteiger partial charge in [0.05, 0.1) is 5.60 Å². The van der Waals surface area contributed by atoms with E-state index in [1.807, 2.05) is 42.5 Å². The van der Waals surface area contributed by atoms with E-state index in [9.17, 15) is 9.90 Å². The van der Waals surface area contributed by atoms with Gasteiger partial charge in [-0.05, 0) is 42.2 Å². The molecule has 0 radical (unpaired) electrons. The molecule has 1 amide bonds. The summed E-state index contributed by atoms with van der Waals surface area (Å²) in [7, 11) is 0. The molecule has 3 nitrogen and oxygen atoms in total. The topological polar surface area (TPSA) is 49.3 Å². The molecule has 21 heavy (non-hydrogen) atoms. The zero-order chi connectivity index (χ0) is 15.5. The summed E-state index contributed by atoms with van der Waals surface area (Å²) < 4.78 is 0. The van der Waals surface area contributed by atoms with E-state index in [0.29, 0.717) is 17.9 Å². The van der Waals surface area contributed by atoms with E-state index in [4.69, 9.17) is 0 Å². The van der Waals surface area contributed by atoms with Crippen LogP contribution in [0.15, 0.2) is 42.5 Å². The van der Waals surface area contributed by atoms with Crippen molar-refractivity contribution < 1.29 is 9.90 Å². The van der Waals surface area contributed by atoms with Crippen LogP contribution < -0.4 is 5.32 Å². The second-order valence-corrected chi connectivity index (χ2v) is 6.34. The van der Waals surface area contributed by atoms with Crippen molar-refractivity contribution in [2.75, 3.05) is 6.54 Å². The molecule has 0 heterocycles. The van der Waals surface area contributed by atoms with Crippen LogP contribution in [0.1, 0.15) is 37.6 Å². The molecule has 2 N–H and O–H groups in total. The van der Waals surface area contributed by atoms with E-state index < -0.39 is 5.60 Å². The van der Waals surface area contributed by atoms with Gasteiger partial charge >= 0.3 is 0 Å². The van der Waals surface area contributed by atoms with E-state index in [-0.39, 0.29) is 12.5 Å². The van der Waals surface area contributed by atoms with E-state index in [1.54, 1.807) is 6.92 Å². The quantitative estimate of drug-likeness (QED) is 0.885. The number of hydrogen-bond donors (Lipinski definition) is 2. The predicted molar refractivity (Wildman–Crippen MR) is 86.4 cm³/mol. The van der Waals surface area contributed by atoms with Gasteiger partial charge in [0.1, 0.15) is 0 Å². The van der Waals surface area contributed by atoms with Crippen molar-refractivity contribution >= 4 is 16.7 Å². The molecule has 0 aromatic heterocycles. The summed E-state index contributed by atoms with van der Waals surface area (Å²) in [6, 6.07) is 13.6. The highest BCUT2D eigenvalue weighted by atomic mass is 16.3. The zero-order valence-electron chi connectivity index (χ0n) is 12.9. The highest BCUT2D eigenvalue weighted by Crippen LogP contribution is 2.17. The summed E-state index contributed by atoms with van der Waals surface area (Å²) >= 11 is 0. The largest absolute Gasteiger partial charge is 0.388 e. The number of carbonyl (C=O) groups excluding carboxylic acids is 1. The van der Waals surface area contributed by atoms with E-state index >= 15 is 0 Å². The number of aliphatic hydroxyl groups is 1. The molecule has 0 saturated carbocycles. The van der Waals surface area contributed by atoms with Crippen LogP contribution in [0.3, 0.4) is 0 Å². The minimum atomic E-state index is -0.874. The van der Waals surface area contributed by atoms with Crippen LogP contribution in [-0.4, -0.2) is 23.2 Å². The molecule has 0 fully saturated rings. The molecule has 1 atom stereocenters. The van der Waals surface area contributed by atoms with Gasteiger partial charge in [-0.25, -0.2) is 0 Å². The maximum atomic E-state index is 12.2. The van der Waals surface area contributed by atoms with Gasteiger partial charge in [-0.2, -0.15) is 0 Å².